The quantitative estimate of drug-likeness (QED) is 0.700. The molecule has 1 saturated heterocycles. The van der Waals surface area contributed by atoms with Gasteiger partial charge in [-0.25, -0.2) is 0 Å². The molecule has 1 nitrogen and oxygen atoms in total. The Kier molecular flexibility index (Phi) is 7.02. The standard InChI is InChI=1S/C8H15Cl2N.BrH/c1-7-4-2-3-5-11(7)6-8(9)10;/h7-8H,2-6H2,1H3;1H. The predicted molar refractivity (Wildman–Crippen MR) is 60.7 cm³/mol. The lowest BCUT2D eigenvalue weighted by Crippen LogP contribution is -2.39. The van der Waals surface area contributed by atoms with E-state index >= 15 is 0 Å². The normalized spacial score (nSPS) is 25.5. The van der Waals surface area contributed by atoms with E-state index in [1.54, 1.807) is 0 Å². The molecule has 1 aliphatic rings. The maximum atomic E-state index is 5.70. The van der Waals surface area contributed by atoms with Crippen molar-refractivity contribution in [3.8, 4) is 0 Å². The zero-order valence-corrected chi connectivity index (χ0v) is 10.5. The number of nitrogens with zero attached hydrogens (tertiary/aromatic N) is 1. The van der Waals surface area contributed by atoms with Crippen LogP contribution in [-0.4, -0.2) is 28.9 Å². The molecule has 0 aromatic rings. The Labute approximate surface area is 95.2 Å². The third-order valence-corrected chi connectivity index (χ3v) is 2.59. The Balaban J connectivity index is 0.00000121. The van der Waals surface area contributed by atoms with Crippen LogP contribution in [0.15, 0.2) is 0 Å². The molecule has 74 valence electrons. The predicted octanol–water partition coefficient (Wildman–Crippen LogP) is 3.24. The van der Waals surface area contributed by atoms with Gasteiger partial charge in [0.2, 0.25) is 0 Å². The average molecular weight is 277 g/mol. The molecule has 0 amide bonds. The van der Waals surface area contributed by atoms with E-state index in [0.29, 0.717) is 6.04 Å². The maximum absolute atomic E-state index is 5.70. The van der Waals surface area contributed by atoms with Crippen molar-refractivity contribution in [2.24, 2.45) is 0 Å². The van der Waals surface area contributed by atoms with Gasteiger partial charge < -0.3 is 0 Å². The van der Waals surface area contributed by atoms with E-state index in [9.17, 15) is 0 Å². The smallest absolute Gasteiger partial charge is 0.120 e. The highest BCUT2D eigenvalue weighted by Gasteiger charge is 2.19. The van der Waals surface area contributed by atoms with Gasteiger partial charge >= 0.3 is 0 Å². The van der Waals surface area contributed by atoms with Crippen LogP contribution in [0.2, 0.25) is 0 Å². The molecule has 12 heavy (non-hydrogen) atoms. The van der Waals surface area contributed by atoms with Crippen molar-refractivity contribution in [2.75, 3.05) is 13.1 Å². The molecule has 0 saturated carbocycles. The van der Waals surface area contributed by atoms with E-state index in [1.165, 1.54) is 19.3 Å². The van der Waals surface area contributed by atoms with Crippen LogP contribution in [0.3, 0.4) is 0 Å². The number of halogens is 3. The van der Waals surface area contributed by atoms with Gasteiger partial charge in [0.05, 0.1) is 0 Å². The summed E-state index contributed by atoms with van der Waals surface area (Å²) in [6, 6.07) is 0.670. The van der Waals surface area contributed by atoms with E-state index < -0.39 is 0 Å². The van der Waals surface area contributed by atoms with Crippen molar-refractivity contribution in [1.82, 2.24) is 4.90 Å². The second kappa shape index (κ2) is 6.47. The molecule has 0 radical (unpaired) electrons. The van der Waals surface area contributed by atoms with Crippen molar-refractivity contribution in [3.05, 3.63) is 0 Å². The van der Waals surface area contributed by atoms with Gasteiger partial charge in [-0.1, -0.05) is 6.42 Å². The van der Waals surface area contributed by atoms with Crippen LogP contribution in [0, 0.1) is 0 Å². The summed E-state index contributed by atoms with van der Waals surface area (Å²) in [5.74, 6) is 0. The highest BCUT2D eigenvalue weighted by molar-refractivity contribution is 8.93. The Bertz CT molecular complexity index is 122. The first-order valence-electron chi connectivity index (χ1n) is 4.22. The number of alkyl halides is 2. The van der Waals surface area contributed by atoms with Crippen molar-refractivity contribution >= 4 is 40.2 Å². The molecule has 4 heteroatoms. The van der Waals surface area contributed by atoms with Gasteiger partial charge in [-0.2, -0.15) is 0 Å². The summed E-state index contributed by atoms with van der Waals surface area (Å²) >= 11 is 11.4. The first kappa shape index (κ1) is 13.0. The first-order valence-corrected chi connectivity index (χ1v) is 5.09. The van der Waals surface area contributed by atoms with Crippen LogP contribution in [0.5, 0.6) is 0 Å². The molecule has 1 heterocycles. The fraction of sp³-hybridized carbons (Fsp3) is 1.00. The zero-order valence-electron chi connectivity index (χ0n) is 7.30. The fourth-order valence-electron chi connectivity index (χ4n) is 1.61. The van der Waals surface area contributed by atoms with E-state index in [1.807, 2.05) is 0 Å². The Morgan fingerprint density at radius 2 is 2.08 bits per heavy atom. The van der Waals surface area contributed by atoms with E-state index in [0.717, 1.165) is 13.1 Å². The summed E-state index contributed by atoms with van der Waals surface area (Å²) in [6.07, 6.45) is 3.94. The summed E-state index contributed by atoms with van der Waals surface area (Å²) in [7, 11) is 0. The molecule has 0 aromatic heterocycles. The van der Waals surface area contributed by atoms with Crippen molar-refractivity contribution in [1.29, 1.82) is 0 Å². The Morgan fingerprint density at radius 1 is 1.42 bits per heavy atom. The van der Waals surface area contributed by atoms with Gasteiger partial charge in [0.15, 0.2) is 0 Å². The van der Waals surface area contributed by atoms with Crippen LogP contribution >= 0.6 is 40.2 Å². The molecule has 1 rings (SSSR count). The summed E-state index contributed by atoms with van der Waals surface area (Å²) < 4.78 is 0. The average Bonchev–Trinajstić information content (AvgIpc) is 1.93. The Morgan fingerprint density at radius 3 is 2.58 bits per heavy atom. The van der Waals surface area contributed by atoms with E-state index in [2.05, 4.69) is 11.8 Å². The molecule has 0 spiro atoms. The second-order valence-corrected chi connectivity index (χ2v) is 4.51. The molecule has 1 atom stereocenters. The molecule has 1 unspecified atom stereocenters. The number of piperidine rings is 1. The minimum absolute atomic E-state index is 0. The Hall–Kier alpha value is 1.02. The van der Waals surface area contributed by atoms with Crippen LogP contribution in [0.1, 0.15) is 26.2 Å². The lowest BCUT2D eigenvalue weighted by molar-refractivity contribution is 0.167. The molecule has 1 aliphatic heterocycles. The third-order valence-electron chi connectivity index (χ3n) is 2.31. The van der Waals surface area contributed by atoms with Crippen LogP contribution in [-0.2, 0) is 0 Å². The highest BCUT2D eigenvalue weighted by Crippen LogP contribution is 2.18. The van der Waals surface area contributed by atoms with Gasteiger partial charge in [-0.05, 0) is 26.3 Å². The van der Waals surface area contributed by atoms with Gasteiger partial charge in [0.1, 0.15) is 4.84 Å². The maximum Gasteiger partial charge on any atom is 0.120 e. The van der Waals surface area contributed by atoms with Crippen molar-refractivity contribution in [3.63, 3.8) is 0 Å². The molecule has 0 aromatic carbocycles. The third kappa shape index (κ3) is 4.31. The van der Waals surface area contributed by atoms with Gasteiger partial charge in [0.25, 0.3) is 0 Å². The summed E-state index contributed by atoms with van der Waals surface area (Å²) in [4.78, 5) is 2.14. The molecular formula is C8H16BrCl2N. The number of hydrogen-bond acceptors (Lipinski definition) is 1. The molecule has 0 N–H and O–H groups in total. The molecule has 0 aliphatic carbocycles. The summed E-state index contributed by atoms with van der Waals surface area (Å²) in [5.41, 5.74) is 0. The minimum atomic E-state index is -0.226. The monoisotopic (exact) mass is 275 g/mol. The fourth-order valence-corrected chi connectivity index (χ4v) is 1.96. The van der Waals surface area contributed by atoms with Crippen LogP contribution in [0.25, 0.3) is 0 Å². The van der Waals surface area contributed by atoms with Crippen LogP contribution in [0.4, 0.5) is 0 Å². The first-order chi connectivity index (χ1) is 5.20. The summed E-state index contributed by atoms with van der Waals surface area (Å²) in [5, 5.41) is 0. The largest absolute Gasteiger partial charge is 0.298 e. The molecule has 1 fully saturated rings. The topological polar surface area (TPSA) is 3.24 Å². The second-order valence-electron chi connectivity index (χ2n) is 3.23. The lowest BCUT2D eigenvalue weighted by Gasteiger charge is -2.33. The number of rotatable bonds is 2. The zero-order chi connectivity index (χ0) is 8.27. The minimum Gasteiger partial charge on any atom is -0.298 e. The van der Waals surface area contributed by atoms with E-state index in [4.69, 9.17) is 23.2 Å². The van der Waals surface area contributed by atoms with Crippen molar-refractivity contribution in [2.45, 2.75) is 37.1 Å². The van der Waals surface area contributed by atoms with Gasteiger partial charge in [-0.3, -0.25) is 4.90 Å². The molecule has 0 bridgehead atoms. The molecular weight excluding hydrogens is 261 g/mol. The van der Waals surface area contributed by atoms with E-state index in [-0.39, 0.29) is 21.8 Å². The SMILES string of the molecule is Br.CC1CCCCN1CC(Cl)Cl. The van der Waals surface area contributed by atoms with Gasteiger partial charge in [0, 0.05) is 12.6 Å². The number of hydrogen-bond donors (Lipinski definition) is 0. The van der Waals surface area contributed by atoms with Crippen LogP contribution < -0.4 is 0 Å². The highest BCUT2D eigenvalue weighted by atomic mass is 79.9. The summed E-state index contributed by atoms with van der Waals surface area (Å²) in [6.45, 7) is 4.23. The van der Waals surface area contributed by atoms with Gasteiger partial charge in [-0.15, -0.1) is 40.2 Å². The van der Waals surface area contributed by atoms with Crippen molar-refractivity contribution < 1.29 is 0 Å². The number of likely N-dealkylation sites (tertiary alicyclic amines) is 1. The lowest BCUT2D eigenvalue weighted by atomic mass is 10.0.